The molecule has 2 aromatic heterocycles. The molecule has 27 heavy (non-hydrogen) atoms. The first-order valence-electron chi connectivity index (χ1n) is 9.11. The standard InChI is InChI=1S/C18H19ClN6O2/c19-13-2-1-11(15-12(13)9-21-22-15)16-23-24-17(27-16)20-10-14(26)25-7-5-18(3-4-18)6-8-25/h1-2,9H,3-8,10H2,(H,20,24)(H,21,22). The number of benzene rings is 1. The number of nitrogens with one attached hydrogen (secondary N) is 2. The summed E-state index contributed by atoms with van der Waals surface area (Å²) in [5.41, 5.74) is 2.00. The van der Waals surface area contributed by atoms with Crippen molar-refractivity contribution in [1.82, 2.24) is 25.3 Å². The summed E-state index contributed by atoms with van der Waals surface area (Å²) in [4.78, 5) is 14.3. The third-order valence-electron chi connectivity index (χ3n) is 5.74. The van der Waals surface area contributed by atoms with E-state index < -0.39 is 0 Å². The lowest BCUT2D eigenvalue weighted by Gasteiger charge is -2.32. The Morgan fingerprint density at radius 2 is 2.07 bits per heavy atom. The van der Waals surface area contributed by atoms with Crippen LogP contribution in [0, 0.1) is 5.41 Å². The molecule has 3 heterocycles. The number of hydrogen-bond donors (Lipinski definition) is 2. The van der Waals surface area contributed by atoms with Crippen LogP contribution in [0.3, 0.4) is 0 Å². The van der Waals surface area contributed by atoms with Crippen LogP contribution in [-0.4, -0.2) is 50.8 Å². The van der Waals surface area contributed by atoms with E-state index in [2.05, 4.69) is 25.7 Å². The number of nitrogens with zero attached hydrogens (tertiary/aromatic N) is 4. The molecule has 2 fully saturated rings. The smallest absolute Gasteiger partial charge is 0.316 e. The highest BCUT2D eigenvalue weighted by molar-refractivity contribution is 6.35. The summed E-state index contributed by atoms with van der Waals surface area (Å²) in [5, 5.41) is 19.3. The molecule has 1 aliphatic heterocycles. The van der Waals surface area contributed by atoms with Gasteiger partial charge < -0.3 is 14.6 Å². The Balaban J connectivity index is 1.25. The number of rotatable bonds is 4. The predicted octanol–water partition coefficient (Wildman–Crippen LogP) is 3.08. The number of carbonyl (C=O) groups excluding carboxylic acids is 1. The van der Waals surface area contributed by atoms with Crippen LogP contribution in [0.5, 0.6) is 0 Å². The van der Waals surface area contributed by atoms with Gasteiger partial charge in [-0.05, 0) is 43.2 Å². The first-order chi connectivity index (χ1) is 13.1. The van der Waals surface area contributed by atoms with Crippen molar-refractivity contribution in [2.24, 2.45) is 5.41 Å². The lowest BCUT2D eigenvalue weighted by atomic mass is 9.94. The second-order valence-electron chi connectivity index (χ2n) is 7.40. The Morgan fingerprint density at radius 3 is 2.85 bits per heavy atom. The van der Waals surface area contributed by atoms with E-state index in [1.54, 1.807) is 18.3 Å². The fraction of sp³-hybridized carbons (Fsp3) is 0.444. The molecule has 1 spiro atoms. The van der Waals surface area contributed by atoms with Gasteiger partial charge in [0, 0.05) is 18.5 Å². The molecule has 140 valence electrons. The number of aromatic nitrogens is 4. The molecule has 9 heteroatoms. The number of hydrogen-bond acceptors (Lipinski definition) is 6. The van der Waals surface area contributed by atoms with E-state index in [1.807, 2.05) is 4.90 Å². The highest BCUT2D eigenvalue weighted by Gasteiger charge is 2.44. The van der Waals surface area contributed by atoms with E-state index in [4.69, 9.17) is 16.0 Å². The first kappa shape index (κ1) is 16.6. The Labute approximate surface area is 160 Å². The van der Waals surface area contributed by atoms with Crippen molar-refractivity contribution in [2.75, 3.05) is 25.0 Å². The molecule has 0 radical (unpaired) electrons. The molecule has 0 unspecified atom stereocenters. The number of carbonyl (C=O) groups is 1. The molecule has 2 aliphatic rings. The Bertz CT molecular complexity index is 998. The van der Waals surface area contributed by atoms with Crippen LogP contribution >= 0.6 is 11.6 Å². The predicted molar refractivity (Wildman–Crippen MR) is 100 cm³/mol. The topological polar surface area (TPSA) is 99.9 Å². The number of halogens is 1. The summed E-state index contributed by atoms with van der Waals surface area (Å²) in [7, 11) is 0. The van der Waals surface area contributed by atoms with Crippen LogP contribution in [0.4, 0.5) is 6.01 Å². The van der Waals surface area contributed by atoms with Gasteiger partial charge in [-0.25, -0.2) is 0 Å². The first-order valence-corrected chi connectivity index (χ1v) is 9.49. The molecular weight excluding hydrogens is 368 g/mol. The zero-order valence-electron chi connectivity index (χ0n) is 14.7. The second-order valence-corrected chi connectivity index (χ2v) is 7.81. The maximum atomic E-state index is 12.4. The minimum Gasteiger partial charge on any atom is -0.403 e. The molecule has 2 N–H and O–H groups in total. The Morgan fingerprint density at radius 1 is 1.26 bits per heavy atom. The molecule has 1 aliphatic carbocycles. The van der Waals surface area contributed by atoms with Crippen molar-refractivity contribution < 1.29 is 9.21 Å². The molecule has 0 atom stereocenters. The van der Waals surface area contributed by atoms with Gasteiger partial charge in [-0.1, -0.05) is 16.7 Å². The quantitative estimate of drug-likeness (QED) is 0.714. The minimum absolute atomic E-state index is 0.0627. The molecule has 1 amide bonds. The Hall–Kier alpha value is -2.61. The summed E-state index contributed by atoms with van der Waals surface area (Å²) >= 11 is 6.16. The summed E-state index contributed by atoms with van der Waals surface area (Å²) in [6.45, 7) is 1.84. The molecular formula is C18H19ClN6O2. The van der Waals surface area contributed by atoms with Gasteiger partial charge in [0.15, 0.2) is 0 Å². The van der Waals surface area contributed by atoms with Gasteiger partial charge in [0.1, 0.15) is 0 Å². The zero-order chi connectivity index (χ0) is 18.4. The third kappa shape index (κ3) is 3.03. The summed E-state index contributed by atoms with van der Waals surface area (Å²) < 4.78 is 5.67. The van der Waals surface area contributed by atoms with Crippen molar-refractivity contribution in [3.63, 3.8) is 0 Å². The molecule has 8 nitrogen and oxygen atoms in total. The highest BCUT2D eigenvalue weighted by atomic mass is 35.5. The normalized spacial score (nSPS) is 18.2. The van der Waals surface area contributed by atoms with Crippen LogP contribution in [0.2, 0.25) is 5.02 Å². The number of anilines is 1. The van der Waals surface area contributed by atoms with E-state index in [0.717, 1.165) is 36.8 Å². The van der Waals surface area contributed by atoms with E-state index in [-0.39, 0.29) is 18.5 Å². The van der Waals surface area contributed by atoms with Gasteiger partial charge in [-0.3, -0.25) is 9.89 Å². The van der Waals surface area contributed by atoms with Crippen LogP contribution in [0.15, 0.2) is 22.7 Å². The summed E-state index contributed by atoms with van der Waals surface area (Å²) in [6, 6.07) is 3.78. The molecule has 0 bridgehead atoms. The van der Waals surface area contributed by atoms with Crippen LogP contribution in [0.25, 0.3) is 22.4 Å². The second kappa shape index (κ2) is 6.23. The SMILES string of the molecule is O=C(CNc1nnc(-c2ccc(Cl)c3cn[nH]c23)o1)N1CCC2(CC1)CC2. The van der Waals surface area contributed by atoms with Crippen molar-refractivity contribution >= 4 is 34.4 Å². The number of aromatic amines is 1. The van der Waals surface area contributed by atoms with E-state index in [1.165, 1.54) is 12.8 Å². The number of H-pyrrole nitrogens is 1. The van der Waals surface area contributed by atoms with Gasteiger partial charge in [0.2, 0.25) is 5.91 Å². The van der Waals surface area contributed by atoms with Gasteiger partial charge in [0.25, 0.3) is 5.89 Å². The maximum absolute atomic E-state index is 12.4. The molecule has 1 saturated carbocycles. The number of fused-ring (bicyclic) bond motifs is 1. The van der Waals surface area contributed by atoms with Crippen molar-refractivity contribution in [3.8, 4) is 11.5 Å². The van der Waals surface area contributed by atoms with Gasteiger partial charge in [0.05, 0.1) is 28.8 Å². The van der Waals surface area contributed by atoms with Crippen molar-refractivity contribution in [3.05, 3.63) is 23.4 Å². The maximum Gasteiger partial charge on any atom is 0.316 e. The minimum atomic E-state index is 0.0627. The van der Waals surface area contributed by atoms with E-state index >= 15 is 0 Å². The van der Waals surface area contributed by atoms with Crippen LogP contribution in [0.1, 0.15) is 25.7 Å². The van der Waals surface area contributed by atoms with Gasteiger partial charge in [-0.15, -0.1) is 5.10 Å². The Kier molecular flexibility index (Phi) is 3.82. The van der Waals surface area contributed by atoms with Gasteiger partial charge in [-0.2, -0.15) is 5.10 Å². The van der Waals surface area contributed by atoms with E-state index in [0.29, 0.717) is 21.9 Å². The van der Waals surface area contributed by atoms with Gasteiger partial charge >= 0.3 is 6.01 Å². The zero-order valence-corrected chi connectivity index (χ0v) is 15.4. The number of likely N-dealkylation sites (tertiary alicyclic amines) is 1. The third-order valence-corrected chi connectivity index (χ3v) is 6.07. The molecule has 1 saturated heterocycles. The molecule has 3 aromatic rings. The van der Waals surface area contributed by atoms with Crippen LogP contribution in [-0.2, 0) is 4.79 Å². The van der Waals surface area contributed by atoms with Crippen molar-refractivity contribution in [1.29, 1.82) is 0 Å². The van der Waals surface area contributed by atoms with E-state index in [9.17, 15) is 4.79 Å². The average Bonchev–Trinajstić information content (AvgIpc) is 3.11. The highest BCUT2D eigenvalue weighted by Crippen LogP contribution is 2.53. The lowest BCUT2D eigenvalue weighted by molar-refractivity contribution is -0.130. The summed E-state index contributed by atoms with van der Waals surface area (Å²) in [5.74, 6) is 0.400. The molecule has 5 rings (SSSR count). The van der Waals surface area contributed by atoms with Crippen molar-refractivity contribution in [2.45, 2.75) is 25.7 Å². The molecule has 1 aromatic carbocycles. The monoisotopic (exact) mass is 386 g/mol. The average molecular weight is 387 g/mol. The fourth-order valence-electron chi connectivity index (χ4n) is 3.75. The lowest BCUT2D eigenvalue weighted by Crippen LogP contribution is -2.41. The van der Waals surface area contributed by atoms with Crippen LogP contribution < -0.4 is 5.32 Å². The fourth-order valence-corrected chi connectivity index (χ4v) is 3.96. The summed E-state index contributed by atoms with van der Waals surface area (Å²) in [6.07, 6.45) is 6.55. The largest absolute Gasteiger partial charge is 0.403 e. The number of piperidine rings is 1. The number of amides is 1.